The maximum atomic E-state index is 12.8. The molecule has 4 N–H and O–H groups in total. The van der Waals surface area contributed by atoms with Crippen molar-refractivity contribution in [3.63, 3.8) is 0 Å². The fraction of sp³-hybridized carbons (Fsp3) is 0.200. The van der Waals surface area contributed by atoms with Crippen molar-refractivity contribution in [3.8, 4) is 11.8 Å². The van der Waals surface area contributed by atoms with Crippen LogP contribution in [0.2, 0.25) is 10.0 Å². The summed E-state index contributed by atoms with van der Waals surface area (Å²) in [6.45, 7) is 4.83. The standard InChI is InChI=1S/C25H21Cl2N3O3/c1-13(31)15-11-18(26)22(19(27)12-15)30-23-16-7-9-28-24(32)21(16)17-10-14(4-5-20(17)29-23)6-8-25(2,3)33/h4-5,7,9-13,31,33H,1-3H3,(H,28,32)(H,29,30)/t13-/m1/s1. The minimum atomic E-state index is -1.14. The molecule has 0 unspecified atom stereocenters. The summed E-state index contributed by atoms with van der Waals surface area (Å²) in [5.74, 6) is 6.12. The van der Waals surface area contributed by atoms with Gasteiger partial charge in [0, 0.05) is 22.5 Å². The molecule has 4 aromatic rings. The number of hydrogen-bond donors (Lipinski definition) is 4. The zero-order valence-electron chi connectivity index (χ0n) is 18.1. The summed E-state index contributed by atoms with van der Waals surface area (Å²) in [7, 11) is 0. The van der Waals surface area contributed by atoms with Crippen LogP contribution in [0, 0.1) is 11.8 Å². The molecule has 2 heterocycles. The first-order valence-corrected chi connectivity index (χ1v) is 10.9. The number of rotatable bonds is 3. The molecule has 6 nitrogen and oxygen atoms in total. The topological polar surface area (TPSA) is 98.2 Å². The average molecular weight is 482 g/mol. The van der Waals surface area contributed by atoms with Crippen LogP contribution in [0.25, 0.3) is 21.7 Å². The van der Waals surface area contributed by atoms with Crippen LogP contribution in [0.15, 0.2) is 47.4 Å². The van der Waals surface area contributed by atoms with Gasteiger partial charge in [0.05, 0.1) is 32.7 Å². The molecule has 33 heavy (non-hydrogen) atoms. The number of nitrogens with zero attached hydrogens (tertiary/aromatic N) is 1. The van der Waals surface area contributed by atoms with Gasteiger partial charge in [-0.05, 0) is 62.7 Å². The van der Waals surface area contributed by atoms with Gasteiger partial charge in [0.25, 0.3) is 5.56 Å². The fourth-order valence-electron chi connectivity index (χ4n) is 3.43. The van der Waals surface area contributed by atoms with Crippen molar-refractivity contribution >= 4 is 56.4 Å². The summed E-state index contributed by atoms with van der Waals surface area (Å²) in [4.78, 5) is 20.2. The second kappa shape index (κ2) is 8.69. The van der Waals surface area contributed by atoms with Crippen LogP contribution in [0.3, 0.4) is 0 Å². The van der Waals surface area contributed by atoms with E-state index in [2.05, 4.69) is 22.1 Å². The highest BCUT2D eigenvalue weighted by Crippen LogP contribution is 2.37. The number of benzene rings is 2. The van der Waals surface area contributed by atoms with Crippen molar-refractivity contribution in [1.82, 2.24) is 9.97 Å². The molecule has 2 aromatic carbocycles. The number of fused-ring (bicyclic) bond motifs is 3. The van der Waals surface area contributed by atoms with Crippen LogP contribution in [0.4, 0.5) is 11.5 Å². The quantitative estimate of drug-likeness (QED) is 0.235. The first kappa shape index (κ1) is 23.1. The number of nitrogens with one attached hydrogen (secondary N) is 2. The van der Waals surface area contributed by atoms with E-state index in [1.54, 1.807) is 63.4 Å². The number of aliphatic hydroxyl groups is 2. The first-order chi connectivity index (χ1) is 15.5. The highest BCUT2D eigenvalue weighted by molar-refractivity contribution is 6.39. The minimum absolute atomic E-state index is 0.280. The third-order valence-corrected chi connectivity index (χ3v) is 5.61. The molecule has 4 rings (SSSR count). The molecule has 0 aliphatic heterocycles. The molecule has 168 valence electrons. The average Bonchev–Trinajstić information content (AvgIpc) is 2.74. The number of hydrogen-bond acceptors (Lipinski definition) is 5. The smallest absolute Gasteiger partial charge is 0.256 e. The number of aromatic amines is 1. The molecule has 0 spiro atoms. The Morgan fingerprint density at radius 1 is 1.12 bits per heavy atom. The largest absolute Gasteiger partial charge is 0.389 e. The molecule has 1 atom stereocenters. The number of aromatic nitrogens is 2. The van der Waals surface area contributed by atoms with E-state index >= 15 is 0 Å². The molecule has 0 saturated carbocycles. The summed E-state index contributed by atoms with van der Waals surface area (Å²) in [6, 6.07) is 10.3. The van der Waals surface area contributed by atoms with E-state index in [1.807, 2.05) is 0 Å². The third-order valence-electron chi connectivity index (χ3n) is 5.02. The number of anilines is 2. The van der Waals surface area contributed by atoms with Gasteiger partial charge in [-0.15, -0.1) is 0 Å². The molecule has 0 aliphatic carbocycles. The Labute approximate surface area is 200 Å². The van der Waals surface area contributed by atoms with Crippen molar-refractivity contribution in [2.24, 2.45) is 0 Å². The van der Waals surface area contributed by atoms with Crippen LogP contribution in [-0.2, 0) is 0 Å². The van der Waals surface area contributed by atoms with Gasteiger partial charge in [0.15, 0.2) is 0 Å². The molecular weight excluding hydrogens is 461 g/mol. The van der Waals surface area contributed by atoms with E-state index in [9.17, 15) is 15.0 Å². The fourth-order valence-corrected chi connectivity index (χ4v) is 4.03. The zero-order chi connectivity index (χ0) is 23.9. The maximum Gasteiger partial charge on any atom is 0.256 e. The van der Waals surface area contributed by atoms with Crippen molar-refractivity contribution in [2.45, 2.75) is 32.5 Å². The Balaban J connectivity index is 1.91. The lowest BCUT2D eigenvalue weighted by Crippen LogP contribution is -2.14. The normalized spacial score (nSPS) is 12.5. The van der Waals surface area contributed by atoms with Gasteiger partial charge in [-0.1, -0.05) is 35.0 Å². The minimum Gasteiger partial charge on any atom is -0.389 e. The van der Waals surface area contributed by atoms with Crippen molar-refractivity contribution in [2.75, 3.05) is 5.32 Å². The first-order valence-electron chi connectivity index (χ1n) is 10.2. The van der Waals surface area contributed by atoms with Gasteiger partial charge >= 0.3 is 0 Å². The highest BCUT2D eigenvalue weighted by Gasteiger charge is 2.16. The Morgan fingerprint density at radius 3 is 2.45 bits per heavy atom. The SMILES string of the molecule is C[C@@H](O)c1cc(Cl)c(Nc2nc3ccc(C#CC(C)(C)O)cc3c3c(=O)[nH]ccc23)c(Cl)c1. The van der Waals surface area contributed by atoms with Gasteiger partial charge in [0.1, 0.15) is 11.4 Å². The summed E-state index contributed by atoms with van der Waals surface area (Å²) >= 11 is 12.9. The number of pyridine rings is 2. The van der Waals surface area contributed by atoms with Crippen LogP contribution in [0.5, 0.6) is 0 Å². The lowest BCUT2D eigenvalue weighted by atomic mass is 10.0. The summed E-state index contributed by atoms with van der Waals surface area (Å²) < 4.78 is 0. The van der Waals surface area contributed by atoms with Gasteiger partial charge in [-0.3, -0.25) is 4.79 Å². The number of aliphatic hydroxyl groups excluding tert-OH is 1. The predicted octanol–water partition coefficient (Wildman–Crippen LogP) is 5.30. The van der Waals surface area contributed by atoms with E-state index in [0.717, 1.165) is 0 Å². The summed E-state index contributed by atoms with van der Waals surface area (Å²) in [5.41, 5.74) is 0.812. The van der Waals surface area contributed by atoms with E-state index in [1.165, 1.54) is 0 Å². The molecule has 0 saturated heterocycles. The molecule has 0 radical (unpaired) electrons. The summed E-state index contributed by atoms with van der Waals surface area (Å²) in [5, 5.41) is 25.2. The van der Waals surface area contributed by atoms with E-state index in [0.29, 0.717) is 54.4 Å². The highest BCUT2D eigenvalue weighted by atomic mass is 35.5. The van der Waals surface area contributed by atoms with Gasteiger partial charge in [-0.25, -0.2) is 4.98 Å². The Hall–Kier alpha value is -3.08. The number of H-pyrrole nitrogens is 1. The zero-order valence-corrected chi connectivity index (χ0v) is 19.6. The second-order valence-corrected chi connectivity index (χ2v) is 9.07. The Kier molecular flexibility index (Phi) is 6.08. The van der Waals surface area contributed by atoms with Crippen molar-refractivity contribution in [3.05, 3.63) is 74.1 Å². The maximum absolute atomic E-state index is 12.8. The monoisotopic (exact) mass is 481 g/mol. The third kappa shape index (κ3) is 4.82. The predicted molar refractivity (Wildman–Crippen MR) is 133 cm³/mol. The lowest BCUT2D eigenvalue weighted by Gasteiger charge is -2.15. The van der Waals surface area contributed by atoms with E-state index in [-0.39, 0.29) is 5.56 Å². The van der Waals surface area contributed by atoms with Crippen molar-refractivity contribution in [1.29, 1.82) is 0 Å². The molecular formula is C25H21Cl2N3O3. The molecule has 0 amide bonds. The van der Waals surface area contributed by atoms with Gasteiger partial charge in [0.2, 0.25) is 0 Å². The van der Waals surface area contributed by atoms with Crippen LogP contribution in [-0.4, -0.2) is 25.8 Å². The molecule has 0 aliphatic rings. The molecule has 8 heteroatoms. The van der Waals surface area contributed by atoms with E-state index in [4.69, 9.17) is 28.2 Å². The van der Waals surface area contributed by atoms with Gasteiger partial charge < -0.3 is 20.5 Å². The van der Waals surface area contributed by atoms with E-state index < -0.39 is 11.7 Å². The van der Waals surface area contributed by atoms with Crippen LogP contribution >= 0.6 is 23.2 Å². The molecule has 0 bridgehead atoms. The Morgan fingerprint density at radius 2 is 1.82 bits per heavy atom. The molecule has 0 fully saturated rings. The number of halogens is 2. The summed E-state index contributed by atoms with van der Waals surface area (Å²) in [6.07, 6.45) is 0.821. The van der Waals surface area contributed by atoms with Crippen LogP contribution < -0.4 is 10.9 Å². The second-order valence-electron chi connectivity index (χ2n) is 8.26. The lowest BCUT2D eigenvalue weighted by molar-refractivity contribution is 0.143. The van der Waals surface area contributed by atoms with Crippen molar-refractivity contribution < 1.29 is 10.2 Å². The van der Waals surface area contributed by atoms with Gasteiger partial charge in [-0.2, -0.15) is 0 Å². The molecule has 2 aromatic heterocycles. The van der Waals surface area contributed by atoms with Crippen LogP contribution in [0.1, 0.15) is 38.0 Å². The Bertz CT molecular complexity index is 1490.